The topological polar surface area (TPSA) is 84.6 Å². The van der Waals surface area contributed by atoms with Gasteiger partial charge < -0.3 is 10.2 Å². The average Bonchev–Trinajstić information content (AvgIpc) is 3.81. The summed E-state index contributed by atoms with van der Waals surface area (Å²) in [5.41, 5.74) is 4.06. The maximum absolute atomic E-state index is 4.57. The van der Waals surface area contributed by atoms with Crippen LogP contribution in [0.1, 0.15) is 68.7 Å². The number of rotatable bonds is 8. The molecule has 3 aromatic rings. The van der Waals surface area contributed by atoms with Gasteiger partial charge in [0.15, 0.2) is 5.82 Å². The van der Waals surface area contributed by atoms with Gasteiger partial charge in [-0.25, -0.2) is 4.68 Å². The van der Waals surface area contributed by atoms with Crippen LogP contribution in [0.4, 0.5) is 5.82 Å². The van der Waals surface area contributed by atoms with E-state index in [4.69, 9.17) is 0 Å². The van der Waals surface area contributed by atoms with E-state index in [1.165, 1.54) is 50.6 Å². The Morgan fingerprint density at radius 2 is 1.97 bits per heavy atom. The number of nitrogens with one attached hydrogen (secondary N) is 1. The van der Waals surface area contributed by atoms with Gasteiger partial charge in [0.1, 0.15) is 5.69 Å². The lowest BCUT2D eigenvalue weighted by Crippen LogP contribution is -2.46. The molecular weight excluding hydrogens is 412 g/mol. The predicted molar refractivity (Wildman–Crippen MR) is 127 cm³/mol. The highest BCUT2D eigenvalue weighted by molar-refractivity contribution is 5.57. The summed E-state index contributed by atoms with van der Waals surface area (Å²) in [6.07, 6.45) is 13.6. The highest BCUT2D eigenvalue weighted by atomic mass is 15.4. The van der Waals surface area contributed by atoms with Crippen molar-refractivity contribution in [2.24, 2.45) is 5.92 Å². The monoisotopic (exact) mass is 444 g/mol. The lowest BCUT2D eigenvalue weighted by Gasteiger charge is -2.34. The Balaban J connectivity index is 1.11. The van der Waals surface area contributed by atoms with Crippen LogP contribution >= 0.6 is 0 Å². The van der Waals surface area contributed by atoms with Crippen molar-refractivity contribution in [3.8, 4) is 11.3 Å². The molecule has 33 heavy (non-hydrogen) atoms. The van der Waals surface area contributed by atoms with Crippen LogP contribution in [0.2, 0.25) is 0 Å². The largest absolute Gasteiger partial charge is 0.354 e. The SMILES string of the molecule is CC(c1ccc(N2CCC[C@@H](NCC3CC3)C2)nn1)n1cc(-c2cncc(C3CC3)c2)nn1. The second kappa shape index (κ2) is 8.82. The summed E-state index contributed by atoms with van der Waals surface area (Å²) >= 11 is 0. The number of hydrogen-bond donors (Lipinski definition) is 1. The van der Waals surface area contributed by atoms with Gasteiger partial charge in [0, 0.05) is 37.1 Å². The molecule has 3 aromatic heterocycles. The number of piperidine rings is 1. The average molecular weight is 445 g/mol. The van der Waals surface area contributed by atoms with Crippen molar-refractivity contribution in [3.05, 3.63) is 48.0 Å². The summed E-state index contributed by atoms with van der Waals surface area (Å²) in [4.78, 5) is 6.77. The van der Waals surface area contributed by atoms with E-state index in [1.54, 1.807) is 0 Å². The van der Waals surface area contributed by atoms with Crippen molar-refractivity contribution >= 4 is 5.82 Å². The highest BCUT2D eigenvalue weighted by Gasteiger charge is 2.26. The molecule has 2 atom stereocenters. The molecule has 2 saturated carbocycles. The standard InChI is InChI=1S/C25H32N8/c1-17(33-16-24(29-31-33)21-11-20(13-26-14-21)19-6-7-19)23-8-9-25(30-28-23)32-10-2-3-22(15-32)27-12-18-4-5-18/h8-9,11,13-14,16-19,22,27H,2-7,10,12,15H2,1H3/t17?,22-/m1/s1. The lowest BCUT2D eigenvalue weighted by molar-refractivity contribution is 0.414. The van der Waals surface area contributed by atoms with Gasteiger partial charge in [-0.1, -0.05) is 5.21 Å². The summed E-state index contributed by atoms with van der Waals surface area (Å²) in [6, 6.07) is 6.89. The molecule has 0 aromatic carbocycles. The minimum Gasteiger partial charge on any atom is -0.354 e. The van der Waals surface area contributed by atoms with Gasteiger partial charge in [-0.05, 0) is 87.6 Å². The van der Waals surface area contributed by atoms with Gasteiger partial charge in [0.25, 0.3) is 0 Å². The third-order valence-electron chi connectivity index (χ3n) is 7.25. The molecule has 8 heteroatoms. The minimum absolute atomic E-state index is 0.0401. The molecule has 3 aliphatic rings. The van der Waals surface area contributed by atoms with Crippen molar-refractivity contribution < 1.29 is 0 Å². The maximum atomic E-state index is 4.57. The van der Waals surface area contributed by atoms with E-state index in [-0.39, 0.29) is 6.04 Å². The van der Waals surface area contributed by atoms with Crippen molar-refractivity contribution in [1.29, 1.82) is 0 Å². The van der Waals surface area contributed by atoms with Crippen LogP contribution in [-0.2, 0) is 0 Å². The smallest absolute Gasteiger partial charge is 0.151 e. The van der Waals surface area contributed by atoms with Crippen LogP contribution in [0.5, 0.6) is 0 Å². The Bertz CT molecular complexity index is 1090. The van der Waals surface area contributed by atoms with Gasteiger partial charge in [0.2, 0.25) is 0 Å². The number of aromatic nitrogens is 6. The Labute approximate surface area is 194 Å². The first kappa shape index (κ1) is 20.7. The van der Waals surface area contributed by atoms with Crippen LogP contribution in [0.3, 0.4) is 0 Å². The molecular formula is C25H32N8. The second-order valence-electron chi connectivity index (χ2n) is 9.99. The van der Waals surface area contributed by atoms with Crippen LogP contribution in [0.15, 0.2) is 36.8 Å². The minimum atomic E-state index is -0.0401. The number of hydrogen-bond acceptors (Lipinski definition) is 7. The van der Waals surface area contributed by atoms with E-state index in [0.29, 0.717) is 12.0 Å². The molecule has 4 heterocycles. The third-order valence-corrected chi connectivity index (χ3v) is 7.25. The van der Waals surface area contributed by atoms with Crippen molar-refractivity contribution in [2.45, 2.75) is 63.5 Å². The van der Waals surface area contributed by atoms with Crippen molar-refractivity contribution in [3.63, 3.8) is 0 Å². The summed E-state index contributed by atoms with van der Waals surface area (Å²) in [5.74, 6) is 2.55. The molecule has 8 nitrogen and oxygen atoms in total. The van der Waals surface area contributed by atoms with Crippen LogP contribution in [-0.4, -0.2) is 55.9 Å². The van der Waals surface area contributed by atoms with E-state index in [2.05, 4.69) is 60.8 Å². The van der Waals surface area contributed by atoms with Crippen LogP contribution in [0.25, 0.3) is 11.3 Å². The fourth-order valence-electron chi connectivity index (χ4n) is 4.71. The number of nitrogens with zero attached hydrogens (tertiary/aromatic N) is 7. The Morgan fingerprint density at radius 1 is 1.06 bits per heavy atom. The molecule has 1 saturated heterocycles. The van der Waals surface area contributed by atoms with Crippen molar-refractivity contribution in [1.82, 2.24) is 35.5 Å². The summed E-state index contributed by atoms with van der Waals surface area (Å²) in [6.45, 7) is 5.31. The predicted octanol–water partition coefficient (Wildman–Crippen LogP) is 3.59. The van der Waals surface area contributed by atoms with Crippen LogP contribution < -0.4 is 10.2 Å². The zero-order valence-electron chi connectivity index (χ0n) is 19.3. The van der Waals surface area contributed by atoms with Crippen molar-refractivity contribution in [2.75, 3.05) is 24.5 Å². The maximum Gasteiger partial charge on any atom is 0.151 e. The fourth-order valence-corrected chi connectivity index (χ4v) is 4.71. The fraction of sp³-hybridized carbons (Fsp3) is 0.560. The molecule has 0 bridgehead atoms. The van der Waals surface area contributed by atoms with E-state index in [9.17, 15) is 0 Å². The van der Waals surface area contributed by atoms with E-state index in [1.807, 2.05) is 23.3 Å². The Hall–Kier alpha value is -2.87. The molecule has 0 spiro atoms. The third kappa shape index (κ3) is 4.76. The molecule has 2 aliphatic carbocycles. The van der Waals surface area contributed by atoms with Crippen LogP contribution in [0, 0.1) is 5.92 Å². The van der Waals surface area contributed by atoms with Gasteiger partial charge in [-0.15, -0.1) is 10.2 Å². The van der Waals surface area contributed by atoms with Gasteiger partial charge in [-0.2, -0.15) is 5.10 Å². The first-order valence-electron chi connectivity index (χ1n) is 12.4. The lowest BCUT2D eigenvalue weighted by atomic mass is 10.1. The van der Waals surface area contributed by atoms with E-state index < -0.39 is 0 Å². The molecule has 6 rings (SSSR count). The molecule has 172 valence electrons. The Morgan fingerprint density at radius 3 is 2.76 bits per heavy atom. The zero-order valence-corrected chi connectivity index (χ0v) is 19.3. The zero-order chi connectivity index (χ0) is 22.2. The van der Waals surface area contributed by atoms with Gasteiger partial charge in [-0.3, -0.25) is 4.98 Å². The summed E-state index contributed by atoms with van der Waals surface area (Å²) < 4.78 is 1.86. The summed E-state index contributed by atoms with van der Waals surface area (Å²) in [7, 11) is 0. The molecule has 1 N–H and O–H groups in total. The summed E-state index contributed by atoms with van der Waals surface area (Å²) in [5, 5.41) is 21.6. The number of anilines is 1. The normalized spacial score (nSPS) is 21.8. The highest BCUT2D eigenvalue weighted by Crippen LogP contribution is 2.40. The Kier molecular flexibility index (Phi) is 5.54. The molecule has 1 unspecified atom stereocenters. The number of pyridine rings is 1. The first-order valence-corrected chi connectivity index (χ1v) is 12.4. The second-order valence-corrected chi connectivity index (χ2v) is 9.99. The van der Waals surface area contributed by atoms with E-state index in [0.717, 1.165) is 41.8 Å². The molecule has 3 fully saturated rings. The van der Waals surface area contributed by atoms with Gasteiger partial charge in [0.05, 0.1) is 17.9 Å². The molecule has 1 aliphatic heterocycles. The van der Waals surface area contributed by atoms with Gasteiger partial charge >= 0.3 is 0 Å². The molecule has 0 radical (unpaired) electrons. The quantitative estimate of drug-likeness (QED) is 0.568. The van der Waals surface area contributed by atoms with E-state index >= 15 is 0 Å². The molecule has 0 amide bonds. The first-order chi connectivity index (χ1) is 16.2.